The van der Waals surface area contributed by atoms with E-state index < -0.39 is 25.9 Å². The Labute approximate surface area is 331 Å². The molecule has 292 valence electrons. The summed E-state index contributed by atoms with van der Waals surface area (Å²) < 4.78 is 23.9. The summed E-state index contributed by atoms with van der Waals surface area (Å²) in [6, 6.07) is 10.1. The van der Waals surface area contributed by atoms with Crippen LogP contribution in [0.3, 0.4) is 0 Å². The molecule has 2 aromatic carbocycles. The highest BCUT2D eigenvalue weighted by molar-refractivity contribution is 7.13. The minimum Gasteiger partial charge on any atom is -0.487 e. The number of aryl methyl sites for hydroxylation is 1. The van der Waals surface area contributed by atoms with Gasteiger partial charge in [0.15, 0.2) is 14.1 Å². The molecule has 2 amide bonds. The number of alkyl carbamates (subject to hydrolysis) is 1. The number of thiazole rings is 1. The molecule has 0 spiro atoms. The van der Waals surface area contributed by atoms with Crippen molar-refractivity contribution in [2.75, 3.05) is 19.8 Å². The Morgan fingerprint density at radius 1 is 1.04 bits per heavy atom. The largest absolute Gasteiger partial charge is 0.487 e. The van der Waals surface area contributed by atoms with Crippen LogP contribution in [0.25, 0.3) is 0 Å². The normalized spacial score (nSPS) is 14.7. The fourth-order valence-corrected chi connectivity index (χ4v) is 8.40. The maximum atomic E-state index is 14.2. The lowest BCUT2D eigenvalue weighted by molar-refractivity contribution is -0.136. The van der Waals surface area contributed by atoms with Crippen LogP contribution >= 0.6 is 34.5 Å². The number of aromatic nitrogens is 1. The number of nitrogens with zero attached hydrogens (tertiary/aromatic N) is 2. The molecule has 1 saturated carbocycles. The van der Waals surface area contributed by atoms with Crippen LogP contribution in [0.5, 0.6) is 10.9 Å². The highest BCUT2D eigenvalue weighted by Crippen LogP contribution is 2.42. The van der Waals surface area contributed by atoms with Gasteiger partial charge in [-0.2, -0.15) is 0 Å². The zero-order valence-electron chi connectivity index (χ0n) is 33.2. The minimum atomic E-state index is -1.99. The zero-order chi connectivity index (χ0) is 39.3. The molecular weight excluding hydrogens is 750 g/mol. The maximum Gasteiger partial charge on any atom is 0.407 e. The molecule has 0 aliphatic heterocycles. The molecule has 0 bridgehead atoms. The van der Waals surface area contributed by atoms with E-state index in [9.17, 15) is 9.59 Å². The van der Waals surface area contributed by atoms with Crippen LogP contribution in [0, 0.1) is 19.8 Å². The summed E-state index contributed by atoms with van der Waals surface area (Å²) in [4.78, 5) is 34.2. The van der Waals surface area contributed by atoms with E-state index in [1.165, 1.54) is 22.5 Å². The number of carbonyl (C=O) groups excluding carboxylic acids is 2. The van der Waals surface area contributed by atoms with Crippen LogP contribution in [0.2, 0.25) is 28.2 Å². The fourth-order valence-electron chi connectivity index (χ4n) is 5.55. The van der Waals surface area contributed by atoms with Gasteiger partial charge in [-0.3, -0.25) is 4.79 Å². The number of nitrogens with one attached hydrogen (secondary N) is 1. The molecule has 3 aromatic rings. The second-order valence-corrected chi connectivity index (χ2v) is 23.1. The molecule has 9 nitrogen and oxygen atoms in total. The van der Waals surface area contributed by atoms with Gasteiger partial charge in [-0.25, -0.2) is 9.78 Å². The van der Waals surface area contributed by atoms with Gasteiger partial charge in [0.1, 0.15) is 18.8 Å². The van der Waals surface area contributed by atoms with Crippen LogP contribution in [0.1, 0.15) is 94.5 Å². The van der Waals surface area contributed by atoms with Gasteiger partial charge in [-0.1, -0.05) is 73.5 Å². The second kappa shape index (κ2) is 17.7. The molecule has 0 radical (unpaired) electrons. The summed E-state index contributed by atoms with van der Waals surface area (Å²) in [7, 11) is -1.99. The van der Waals surface area contributed by atoms with Gasteiger partial charge in [-0.15, -0.1) is 0 Å². The Kier molecular flexibility index (Phi) is 14.4. The van der Waals surface area contributed by atoms with Crippen LogP contribution in [0.15, 0.2) is 36.5 Å². The fraction of sp³-hybridized carbons (Fsp3) is 0.575. The Hall–Kier alpha value is -2.83. The number of hydrogen-bond donors (Lipinski definition) is 1. The Morgan fingerprint density at radius 2 is 1.68 bits per heavy atom. The van der Waals surface area contributed by atoms with Gasteiger partial charge >= 0.3 is 6.09 Å². The molecular formula is C40H57Cl2N3O6SSi. The third-order valence-corrected chi connectivity index (χ3v) is 15.9. The van der Waals surface area contributed by atoms with Crippen molar-refractivity contribution >= 4 is 54.9 Å². The van der Waals surface area contributed by atoms with E-state index in [2.05, 4.69) is 70.1 Å². The van der Waals surface area contributed by atoms with Crippen molar-refractivity contribution in [1.29, 1.82) is 0 Å². The van der Waals surface area contributed by atoms with Crippen LogP contribution in [-0.2, 0) is 26.9 Å². The molecule has 1 aliphatic rings. The van der Waals surface area contributed by atoms with Gasteiger partial charge in [0.25, 0.3) is 5.19 Å². The molecule has 1 N–H and O–H groups in total. The number of amides is 2. The van der Waals surface area contributed by atoms with Gasteiger partial charge < -0.3 is 28.9 Å². The van der Waals surface area contributed by atoms with Crippen LogP contribution in [0.4, 0.5) is 4.79 Å². The van der Waals surface area contributed by atoms with E-state index in [1.54, 1.807) is 6.20 Å². The summed E-state index contributed by atoms with van der Waals surface area (Å²) >= 11 is 14.6. The van der Waals surface area contributed by atoms with Gasteiger partial charge in [0.2, 0.25) is 5.91 Å². The van der Waals surface area contributed by atoms with Crippen molar-refractivity contribution in [1.82, 2.24) is 15.2 Å². The first-order chi connectivity index (χ1) is 24.6. The van der Waals surface area contributed by atoms with Crippen molar-refractivity contribution in [2.24, 2.45) is 5.92 Å². The minimum absolute atomic E-state index is 0.00513. The number of rotatable bonds is 16. The molecule has 1 aromatic heterocycles. The molecule has 1 aliphatic carbocycles. The number of hydrogen-bond acceptors (Lipinski definition) is 8. The standard InChI is InChI=1S/C40H57Cl2N3O6SSi/c1-25-13-12-14-28(26(25)2)24-45(31-15-16-31)36(46)30(22-43-37(47)50-39(4,5)6)19-32-23-44-38(52-32)49-18-17-48-35-33(41)20-29(21-34(35)42)27(3)51-53(10,11)40(7,8)9/h12-14,20-21,23,27,30-31H,15-19,22,24H2,1-11H3,(H,43,47)/t27-,30+/m0/s1. The first-order valence-corrected chi connectivity index (χ1v) is 22.8. The lowest BCUT2D eigenvalue weighted by Crippen LogP contribution is -2.44. The lowest BCUT2D eigenvalue weighted by atomic mass is 10.00. The summed E-state index contributed by atoms with van der Waals surface area (Å²) in [6.07, 6.45) is 3.32. The second-order valence-electron chi connectivity index (χ2n) is 16.5. The average molecular weight is 807 g/mol. The smallest absolute Gasteiger partial charge is 0.407 e. The monoisotopic (exact) mass is 805 g/mol. The predicted molar refractivity (Wildman–Crippen MR) is 217 cm³/mol. The van der Waals surface area contributed by atoms with Crippen molar-refractivity contribution in [3.63, 3.8) is 0 Å². The van der Waals surface area contributed by atoms with Crippen molar-refractivity contribution < 1.29 is 28.2 Å². The number of ether oxygens (including phenoxy) is 3. The Balaban J connectivity index is 1.39. The van der Waals surface area contributed by atoms with E-state index in [4.69, 9.17) is 41.8 Å². The van der Waals surface area contributed by atoms with Gasteiger partial charge in [0.05, 0.1) is 22.1 Å². The molecule has 4 rings (SSSR count). The SMILES string of the molecule is Cc1cccc(CN(C(=O)[C@@H](CNC(=O)OC(C)(C)C)Cc2cnc(OCCOc3c(Cl)cc([C@H](C)O[Si](C)(C)C(C)(C)C)cc3Cl)s2)C2CC2)c1C. The van der Waals surface area contributed by atoms with E-state index in [0.29, 0.717) is 34.0 Å². The van der Waals surface area contributed by atoms with Gasteiger partial charge in [0, 0.05) is 30.2 Å². The summed E-state index contributed by atoms with van der Waals surface area (Å²) in [5.74, 6) is -0.137. The van der Waals surface area contributed by atoms with Crippen LogP contribution < -0.4 is 14.8 Å². The quantitative estimate of drug-likeness (QED) is 0.114. The molecule has 2 atom stereocenters. The van der Waals surface area contributed by atoms with E-state index in [1.807, 2.05) is 50.8 Å². The van der Waals surface area contributed by atoms with Crippen LogP contribution in [-0.4, -0.2) is 61.6 Å². The Bertz CT molecular complexity index is 1710. The third-order valence-electron chi connectivity index (χ3n) is 9.87. The highest BCUT2D eigenvalue weighted by atomic mass is 35.5. The topological polar surface area (TPSA) is 99.2 Å². The first kappa shape index (κ1) is 42.9. The molecule has 1 fully saturated rings. The maximum absolute atomic E-state index is 14.2. The molecule has 13 heteroatoms. The average Bonchev–Trinajstić information content (AvgIpc) is 3.79. The first-order valence-electron chi connectivity index (χ1n) is 18.3. The number of halogens is 2. The highest BCUT2D eigenvalue weighted by Gasteiger charge is 2.39. The Morgan fingerprint density at radius 3 is 2.28 bits per heavy atom. The van der Waals surface area contributed by atoms with Crippen molar-refractivity contribution in [3.8, 4) is 10.9 Å². The summed E-state index contributed by atoms with van der Waals surface area (Å²) in [6.45, 7) is 23.7. The number of carbonyl (C=O) groups is 2. The summed E-state index contributed by atoms with van der Waals surface area (Å²) in [5, 5.41) is 4.18. The zero-order valence-corrected chi connectivity index (χ0v) is 36.5. The number of benzene rings is 2. The molecule has 0 unspecified atom stereocenters. The van der Waals surface area contributed by atoms with Crippen molar-refractivity contribution in [3.05, 3.63) is 73.7 Å². The predicted octanol–water partition coefficient (Wildman–Crippen LogP) is 10.5. The van der Waals surface area contributed by atoms with E-state index in [-0.39, 0.29) is 42.8 Å². The summed E-state index contributed by atoms with van der Waals surface area (Å²) in [5.41, 5.74) is 3.75. The third kappa shape index (κ3) is 12.3. The van der Waals surface area contributed by atoms with Crippen molar-refractivity contribution in [2.45, 2.75) is 124 Å². The van der Waals surface area contributed by atoms with E-state index in [0.717, 1.165) is 28.8 Å². The molecule has 53 heavy (non-hydrogen) atoms. The lowest BCUT2D eigenvalue weighted by Gasteiger charge is -2.38. The molecule has 0 saturated heterocycles. The van der Waals surface area contributed by atoms with Gasteiger partial charge in [-0.05, 0) is 113 Å². The van der Waals surface area contributed by atoms with E-state index >= 15 is 0 Å². The molecule has 1 heterocycles.